The van der Waals surface area contributed by atoms with E-state index in [1.807, 2.05) is 0 Å². The molecular weight excluding hydrogens is 400 g/mol. The molecule has 0 unspecified atom stereocenters. The molecule has 158 valence electrons. The molecule has 3 aliphatic carbocycles. The summed E-state index contributed by atoms with van der Waals surface area (Å²) in [4.78, 5) is 31.6. The summed E-state index contributed by atoms with van der Waals surface area (Å²) in [6, 6.07) is 0. The number of carbonyl (C=O) groups excluding carboxylic acids is 1. The van der Waals surface area contributed by atoms with Gasteiger partial charge in [0.2, 0.25) is 0 Å². The molecule has 0 radical (unpaired) electrons. The van der Waals surface area contributed by atoms with Crippen molar-refractivity contribution < 1.29 is 19.2 Å². The monoisotopic (exact) mass is 426 g/mol. The number of carbonyl (C=O) groups is 2. The van der Waals surface area contributed by atoms with Gasteiger partial charge in [0.1, 0.15) is 0 Å². The standard InChI is InChI=1S/C23H26N2O4S/c1-2-12-6-9-16-18(10-12)30-19(11-17(26)14-4-3-5-15(14)23(27)28)20(16)22-24-21(25-29-22)13-7-8-13/h12-13H,2-11H2,1H3,(H,27,28)/t12-/m0/s1. The van der Waals surface area contributed by atoms with Crippen LogP contribution in [-0.2, 0) is 28.9 Å². The minimum Gasteiger partial charge on any atom is -0.478 e. The Kier molecular flexibility index (Phi) is 5.09. The lowest BCUT2D eigenvalue weighted by atomic mass is 9.85. The summed E-state index contributed by atoms with van der Waals surface area (Å²) in [5.74, 6) is 1.36. The number of rotatable bonds is 7. The van der Waals surface area contributed by atoms with Gasteiger partial charge in [-0.15, -0.1) is 11.3 Å². The number of allylic oxidation sites excluding steroid dienone is 1. The number of Topliss-reactive ketones (excluding diaryl/α,β-unsaturated/α-hetero) is 1. The van der Waals surface area contributed by atoms with Crippen molar-refractivity contribution in [1.29, 1.82) is 0 Å². The first-order valence-corrected chi connectivity index (χ1v) is 11.8. The molecule has 3 aliphatic rings. The summed E-state index contributed by atoms with van der Waals surface area (Å²) in [5.41, 5.74) is 3.00. The Labute approximate surface area is 179 Å². The van der Waals surface area contributed by atoms with Gasteiger partial charge in [-0.05, 0) is 62.8 Å². The fourth-order valence-electron chi connectivity index (χ4n) is 4.82. The zero-order valence-electron chi connectivity index (χ0n) is 17.2. The van der Waals surface area contributed by atoms with Crippen LogP contribution in [0.3, 0.4) is 0 Å². The van der Waals surface area contributed by atoms with E-state index in [2.05, 4.69) is 17.1 Å². The number of nitrogens with zero attached hydrogens (tertiary/aromatic N) is 2. The van der Waals surface area contributed by atoms with Crippen LogP contribution in [0, 0.1) is 5.92 Å². The highest BCUT2D eigenvalue weighted by molar-refractivity contribution is 7.12. The molecule has 30 heavy (non-hydrogen) atoms. The minimum absolute atomic E-state index is 0.0706. The van der Waals surface area contributed by atoms with E-state index >= 15 is 0 Å². The van der Waals surface area contributed by atoms with Crippen LogP contribution in [-0.4, -0.2) is 27.0 Å². The molecule has 0 spiro atoms. The first-order valence-electron chi connectivity index (χ1n) is 11.0. The maximum absolute atomic E-state index is 13.1. The molecule has 5 rings (SSSR count). The second-order valence-electron chi connectivity index (χ2n) is 8.77. The first kappa shape index (κ1) is 19.7. The molecule has 2 heterocycles. The number of carboxylic acid groups (broad SMARTS) is 1. The van der Waals surface area contributed by atoms with E-state index in [9.17, 15) is 14.7 Å². The Bertz CT molecular complexity index is 1040. The van der Waals surface area contributed by atoms with Crippen LogP contribution in [0.1, 0.15) is 78.9 Å². The van der Waals surface area contributed by atoms with Crippen molar-refractivity contribution in [3.05, 3.63) is 32.3 Å². The molecular formula is C23H26N2O4S. The Balaban J connectivity index is 1.52. The van der Waals surface area contributed by atoms with Crippen LogP contribution in [0.5, 0.6) is 0 Å². The highest BCUT2D eigenvalue weighted by atomic mass is 32.1. The van der Waals surface area contributed by atoms with Crippen molar-refractivity contribution in [2.75, 3.05) is 0 Å². The topological polar surface area (TPSA) is 93.3 Å². The lowest BCUT2D eigenvalue weighted by molar-refractivity contribution is -0.133. The van der Waals surface area contributed by atoms with Crippen molar-refractivity contribution in [2.24, 2.45) is 5.92 Å². The molecule has 7 heteroatoms. The van der Waals surface area contributed by atoms with Crippen molar-refractivity contribution in [2.45, 2.75) is 77.0 Å². The molecule has 0 amide bonds. The third-order valence-electron chi connectivity index (χ3n) is 6.75. The lowest BCUT2D eigenvalue weighted by Crippen LogP contribution is -2.12. The Morgan fingerprint density at radius 2 is 1.97 bits per heavy atom. The van der Waals surface area contributed by atoms with Crippen LogP contribution in [0.2, 0.25) is 0 Å². The molecule has 1 saturated carbocycles. The average molecular weight is 427 g/mol. The van der Waals surface area contributed by atoms with Crippen molar-refractivity contribution in [3.63, 3.8) is 0 Å². The summed E-state index contributed by atoms with van der Waals surface area (Å²) in [7, 11) is 0. The second kappa shape index (κ2) is 7.76. The molecule has 0 saturated heterocycles. The smallest absolute Gasteiger partial charge is 0.331 e. The quantitative estimate of drug-likeness (QED) is 0.679. The van der Waals surface area contributed by atoms with Gasteiger partial charge < -0.3 is 9.63 Å². The van der Waals surface area contributed by atoms with E-state index in [0.717, 1.165) is 61.2 Å². The van der Waals surface area contributed by atoms with Gasteiger partial charge >= 0.3 is 5.97 Å². The van der Waals surface area contributed by atoms with Crippen LogP contribution in [0.4, 0.5) is 0 Å². The van der Waals surface area contributed by atoms with E-state index in [4.69, 9.17) is 4.52 Å². The number of aromatic nitrogens is 2. The van der Waals surface area contributed by atoms with Gasteiger partial charge in [-0.25, -0.2) is 4.79 Å². The normalized spacial score (nSPS) is 21.2. The fraction of sp³-hybridized carbons (Fsp3) is 0.565. The molecule has 0 aliphatic heterocycles. The van der Waals surface area contributed by atoms with Gasteiger partial charge in [-0.3, -0.25) is 4.79 Å². The Hall–Kier alpha value is -2.28. The second-order valence-corrected chi connectivity index (χ2v) is 9.96. The summed E-state index contributed by atoms with van der Waals surface area (Å²) in [5, 5.41) is 13.6. The number of fused-ring (bicyclic) bond motifs is 1. The molecule has 1 fully saturated rings. The van der Waals surface area contributed by atoms with Gasteiger partial charge in [0, 0.05) is 33.2 Å². The third-order valence-corrected chi connectivity index (χ3v) is 8.00. The van der Waals surface area contributed by atoms with Crippen LogP contribution >= 0.6 is 11.3 Å². The Morgan fingerprint density at radius 1 is 1.17 bits per heavy atom. The average Bonchev–Trinajstić information content (AvgIpc) is 3.16. The van der Waals surface area contributed by atoms with Gasteiger partial charge in [-0.2, -0.15) is 4.98 Å². The minimum atomic E-state index is -0.960. The molecule has 6 nitrogen and oxygen atoms in total. The van der Waals surface area contributed by atoms with E-state index in [-0.39, 0.29) is 12.2 Å². The van der Waals surface area contributed by atoms with Crippen molar-refractivity contribution in [3.8, 4) is 11.5 Å². The Morgan fingerprint density at radius 3 is 2.70 bits per heavy atom. The van der Waals surface area contributed by atoms with Crippen LogP contribution in [0.15, 0.2) is 15.7 Å². The maximum atomic E-state index is 13.1. The van der Waals surface area contributed by atoms with E-state index in [1.165, 1.54) is 10.4 Å². The highest BCUT2D eigenvalue weighted by Gasteiger charge is 2.33. The fourth-order valence-corrected chi connectivity index (χ4v) is 6.28. The van der Waals surface area contributed by atoms with Crippen LogP contribution < -0.4 is 0 Å². The zero-order chi connectivity index (χ0) is 20.8. The largest absolute Gasteiger partial charge is 0.478 e. The first-order chi connectivity index (χ1) is 14.5. The van der Waals surface area contributed by atoms with Gasteiger partial charge in [-0.1, -0.05) is 18.5 Å². The van der Waals surface area contributed by atoms with E-state index in [0.29, 0.717) is 41.7 Å². The zero-order valence-corrected chi connectivity index (χ0v) is 18.0. The molecule has 0 bridgehead atoms. The van der Waals surface area contributed by atoms with Gasteiger partial charge in [0.15, 0.2) is 11.6 Å². The van der Waals surface area contributed by atoms with Crippen molar-refractivity contribution >= 4 is 23.1 Å². The summed E-state index contributed by atoms with van der Waals surface area (Å²) < 4.78 is 5.66. The maximum Gasteiger partial charge on any atom is 0.331 e. The molecule has 2 aromatic rings. The van der Waals surface area contributed by atoms with Crippen molar-refractivity contribution in [1.82, 2.24) is 10.1 Å². The number of carboxylic acids is 1. The number of thiophene rings is 1. The third kappa shape index (κ3) is 3.53. The number of hydrogen-bond donors (Lipinski definition) is 1. The number of hydrogen-bond acceptors (Lipinski definition) is 6. The molecule has 1 atom stereocenters. The molecule has 0 aromatic carbocycles. The summed E-state index contributed by atoms with van der Waals surface area (Å²) in [6.45, 7) is 2.23. The predicted molar refractivity (Wildman–Crippen MR) is 113 cm³/mol. The lowest BCUT2D eigenvalue weighted by Gasteiger charge is -2.20. The number of aliphatic carboxylic acids is 1. The van der Waals surface area contributed by atoms with E-state index < -0.39 is 5.97 Å². The molecule has 1 N–H and O–H groups in total. The highest BCUT2D eigenvalue weighted by Crippen LogP contribution is 2.44. The van der Waals surface area contributed by atoms with Crippen LogP contribution in [0.25, 0.3) is 11.5 Å². The summed E-state index contributed by atoms with van der Waals surface area (Å²) >= 11 is 1.69. The number of ketones is 1. The summed E-state index contributed by atoms with van der Waals surface area (Å²) in [6.07, 6.45) is 8.51. The van der Waals surface area contributed by atoms with E-state index in [1.54, 1.807) is 11.3 Å². The van der Waals surface area contributed by atoms with Gasteiger partial charge in [0.05, 0.1) is 5.56 Å². The molecule has 2 aromatic heterocycles. The predicted octanol–water partition coefficient (Wildman–Crippen LogP) is 4.87. The van der Waals surface area contributed by atoms with Gasteiger partial charge in [0.25, 0.3) is 5.89 Å². The SMILES string of the molecule is CC[C@H]1CCc2c(sc(CC(=O)C3=C(C(=O)O)CCC3)c2-c2nc(C3CC3)no2)C1.